The molecule has 0 unspecified atom stereocenters. The highest BCUT2D eigenvalue weighted by Crippen LogP contribution is 1.97. The van der Waals surface area contributed by atoms with E-state index in [4.69, 9.17) is 5.11 Å². The zero-order chi connectivity index (χ0) is 8.69. The Morgan fingerprint density at radius 1 is 1.27 bits per heavy atom. The predicted octanol–water partition coefficient (Wildman–Crippen LogP) is 1.93. The second kappa shape index (κ2) is 5.23. The maximum absolute atomic E-state index is 10.0. The minimum atomic E-state index is -0.971. The van der Waals surface area contributed by atoms with E-state index >= 15 is 0 Å². The van der Waals surface area contributed by atoms with Crippen LogP contribution in [0.15, 0.2) is 49.1 Å². The smallest absolute Gasteiger partial charge is 0.328 e. The molecule has 1 N–H and O–H groups in total. The first-order chi connectivity index (χ1) is 5.20. The summed E-state index contributed by atoms with van der Waals surface area (Å²) in [6.07, 6.45) is 7.31. The fraction of sp³-hybridized carbons (Fsp3) is 0. The van der Waals surface area contributed by atoms with Crippen LogP contribution in [0, 0.1) is 0 Å². The number of carboxylic acids is 1. The van der Waals surface area contributed by atoms with Gasteiger partial charge in [-0.05, 0) is 11.6 Å². The zero-order valence-electron chi connectivity index (χ0n) is 6.16. The highest BCUT2D eigenvalue weighted by atomic mass is 16.4. The topological polar surface area (TPSA) is 37.3 Å². The molecule has 0 aliphatic rings. The Morgan fingerprint density at radius 3 is 2.27 bits per heavy atom. The van der Waals surface area contributed by atoms with Gasteiger partial charge in [0, 0.05) is 6.08 Å². The van der Waals surface area contributed by atoms with Crippen LogP contribution >= 0.6 is 0 Å². The molecule has 0 amide bonds. The number of carbonyl (C=O) groups is 1. The van der Waals surface area contributed by atoms with Crippen LogP contribution in [0.3, 0.4) is 0 Å². The molecule has 0 aromatic rings. The van der Waals surface area contributed by atoms with Crippen molar-refractivity contribution in [3.05, 3.63) is 49.1 Å². The highest BCUT2D eigenvalue weighted by Gasteiger charge is 1.85. The van der Waals surface area contributed by atoms with Crippen LogP contribution < -0.4 is 0 Å². The van der Waals surface area contributed by atoms with Crippen LogP contribution in [0.5, 0.6) is 0 Å². The monoisotopic (exact) mass is 150 g/mol. The van der Waals surface area contributed by atoms with Gasteiger partial charge in [0.2, 0.25) is 0 Å². The SMILES string of the molecule is C=C/C=C(C=C)/C=C/C(=O)O. The fourth-order valence-electron chi connectivity index (χ4n) is 0.495. The Morgan fingerprint density at radius 2 is 1.91 bits per heavy atom. The molecular weight excluding hydrogens is 140 g/mol. The summed E-state index contributed by atoms with van der Waals surface area (Å²) < 4.78 is 0. The highest BCUT2D eigenvalue weighted by molar-refractivity contribution is 5.80. The van der Waals surface area contributed by atoms with Gasteiger partial charge in [0.05, 0.1) is 0 Å². The number of hydrogen-bond donors (Lipinski definition) is 1. The molecule has 0 bridgehead atoms. The normalized spacial score (nSPS) is 11.5. The second-order valence-corrected chi connectivity index (χ2v) is 1.78. The van der Waals surface area contributed by atoms with Gasteiger partial charge < -0.3 is 5.11 Å². The van der Waals surface area contributed by atoms with Crippen LogP contribution in [-0.2, 0) is 4.79 Å². The van der Waals surface area contributed by atoms with Crippen molar-refractivity contribution in [2.45, 2.75) is 0 Å². The Bertz CT molecular complexity index is 222. The predicted molar refractivity (Wildman–Crippen MR) is 45.3 cm³/mol. The number of rotatable bonds is 4. The maximum atomic E-state index is 10.0. The van der Waals surface area contributed by atoms with Gasteiger partial charge in [-0.25, -0.2) is 4.79 Å². The standard InChI is InChI=1S/C9H10O2/c1-3-5-8(4-2)6-7-9(10)11/h3-7H,1-2H2,(H,10,11)/b7-6+,8-5+. The molecule has 0 heterocycles. The molecule has 0 aliphatic heterocycles. The Kier molecular flexibility index (Phi) is 4.49. The summed E-state index contributed by atoms with van der Waals surface area (Å²) in [4.78, 5) is 10.0. The molecule has 0 atom stereocenters. The van der Waals surface area contributed by atoms with Gasteiger partial charge in [0.15, 0.2) is 0 Å². The first kappa shape index (κ1) is 9.43. The molecule has 0 fully saturated rings. The number of carboxylic acid groups (broad SMARTS) is 1. The van der Waals surface area contributed by atoms with Crippen LogP contribution in [0.25, 0.3) is 0 Å². The molecule has 0 aromatic heterocycles. The third kappa shape index (κ3) is 4.90. The molecule has 0 saturated carbocycles. The van der Waals surface area contributed by atoms with Crippen molar-refractivity contribution in [3.8, 4) is 0 Å². The first-order valence-corrected chi connectivity index (χ1v) is 3.07. The summed E-state index contributed by atoms with van der Waals surface area (Å²) >= 11 is 0. The Hall–Kier alpha value is -1.57. The molecular formula is C9H10O2. The molecule has 0 rings (SSSR count). The Labute approximate surface area is 65.9 Å². The van der Waals surface area contributed by atoms with E-state index in [1.807, 2.05) is 0 Å². The summed E-state index contributed by atoms with van der Waals surface area (Å²) in [6.45, 7) is 6.97. The third-order valence-corrected chi connectivity index (χ3v) is 0.964. The van der Waals surface area contributed by atoms with E-state index < -0.39 is 5.97 Å². The molecule has 0 aromatic carbocycles. The van der Waals surface area contributed by atoms with E-state index in [0.29, 0.717) is 0 Å². The van der Waals surface area contributed by atoms with Crippen molar-refractivity contribution in [2.24, 2.45) is 0 Å². The second-order valence-electron chi connectivity index (χ2n) is 1.78. The number of aliphatic carboxylic acids is 1. The molecule has 0 spiro atoms. The van der Waals surface area contributed by atoms with Gasteiger partial charge >= 0.3 is 5.97 Å². The van der Waals surface area contributed by atoms with E-state index in [0.717, 1.165) is 11.6 Å². The molecule has 11 heavy (non-hydrogen) atoms. The van der Waals surface area contributed by atoms with Crippen molar-refractivity contribution >= 4 is 5.97 Å². The summed E-state index contributed by atoms with van der Waals surface area (Å²) in [5.41, 5.74) is 0.724. The lowest BCUT2D eigenvalue weighted by Gasteiger charge is -1.87. The fourth-order valence-corrected chi connectivity index (χ4v) is 0.495. The van der Waals surface area contributed by atoms with Crippen LogP contribution in [0.2, 0.25) is 0 Å². The largest absolute Gasteiger partial charge is 0.478 e. The van der Waals surface area contributed by atoms with E-state index in [1.165, 1.54) is 6.08 Å². The van der Waals surface area contributed by atoms with Gasteiger partial charge in [0.25, 0.3) is 0 Å². The van der Waals surface area contributed by atoms with Gasteiger partial charge in [-0.2, -0.15) is 0 Å². The van der Waals surface area contributed by atoms with E-state index in [-0.39, 0.29) is 0 Å². The van der Waals surface area contributed by atoms with Crippen LogP contribution in [0.1, 0.15) is 0 Å². The average Bonchev–Trinajstić information content (AvgIpc) is 1.97. The van der Waals surface area contributed by atoms with Crippen molar-refractivity contribution in [3.63, 3.8) is 0 Å². The van der Waals surface area contributed by atoms with Gasteiger partial charge in [0.1, 0.15) is 0 Å². The minimum Gasteiger partial charge on any atom is -0.478 e. The molecule has 2 heteroatoms. The maximum Gasteiger partial charge on any atom is 0.328 e. The number of hydrogen-bond acceptors (Lipinski definition) is 1. The summed E-state index contributed by atoms with van der Waals surface area (Å²) in [6, 6.07) is 0. The molecule has 58 valence electrons. The molecule has 2 nitrogen and oxygen atoms in total. The Balaban J connectivity index is 4.30. The zero-order valence-corrected chi connectivity index (χ0v) is 6.16. The van der Waals surface area contributed by atoms with Crippen molar-refractivity contribution in [2.75, 3.05) is 0 Å². The summed E-state index contributed by atoms with van der Waals surface area (Å²) in [5.74, 6) is -0.971. The van der Waals surface area contributed by atoms with Crippen molar-refractivity contribution in [1.29, 1.82) is 0 Å². The lowest BCUT2D eigenvalue weighted by atomic mass is 10.2. The van der Waals surface area contributed by atoms with Crippen LogP contribution in [-0.4, -0.2) is 11.1 Å². The lowest BCUT2D eigenvalue weighted by Crippen LogP contribution is -1.85. The van der Waals surface area contributed by atoms with E-state index in [2.05, 4.69) is 13.2 Å². The lowest BCUT2D eigenvalue weighted by molar-refractivity contribution is -0.131. The van der Waals surface area contributed by atoms with Crippen LogP contribution in [0.4, 0.5) is 0 Å². The van der Waals surface area contributed by atoms with Crippen molar-refractivity contribution < 1.29 is 9.90 Å². The van der Waals surface area contributed by atoms with Gasteiger partial charge in [-0.15, -0.1) is 0 Å². The average molecular weight is 150 g/mol. The quantitative estimate of drug-likeness (QED) is 0.491. The molecule has 0 saturated heterocycles. The van der Waals surface area contributed by atoms with Crippen molar-refractivity contribution in [1.82, 2.24) is 0 Å². The number of allylic oxidation sites excluding steroid dienone is 5. The summed E-state index contributed by atoms with van der Waals surface area (Å²) in [5, 5.41) is 8.25. The van der Waals surface area contributed by atoms with Gasteiger partial charge in [-0.1, -0.05) is 31.4 Å². The van der Waals surface area contributed by atoms with E-state index in [1.54, 1.807) is 18.2 Å². The molecule has 0 aliphatic carbocycles. The summed E-state index contributed by atoms with van der Waals surface area (Å²) in [7, 11) is 0. The van der Waals surface area contributed by atoms with Gasteiger partial charge in [-0.3, -0.25) is 0 Å². The first-order valence-electron chi connectivity index (χ1n) is 3.07. The van der Waals surface area contributed by atoms with E-state index in [9.17, 15) is 4.79 Å². The molecule has 0 radical (unpaired) electrons. The third-order valence-electron chi connectivity index (χ3n) is 0.964. The minimum absolute atomic E-state index is 0.724.